The number of carbonyl (C=O) groups excluding carboxylic acids is 1. The standard InChI is InChI=1S/C20H24FNO3/c1-14(23)15-5-4-12-22(13-15)20(24)11-9-16-8-10-19(25-16)17-6-2-3-7-18(17)21/h2-3,6-8,10,14-15,23H,4-5,9,11-13H2,1H3. The van der Waals surface area contributed by atoms with Crippen molar-refractivity contribution in [2.24, 2.45) is 5.92 Å². The van der Waals surface area contributed by atoms with Gasteiger partial charge in [0.05, 0.1) is 11.7 Å². The van der Waals surface area contributed by atoms with Crippen molar-refractivity contribution in [2.45, 2.75) is 38.7 Å². The van der Waals surface area contributed by atoms with Crippen LogP contribution in [0.1, 0.15) is 31.9 Å². The lowest BCUT2D eigenvalue weighted by Gasteiger charge is -2.34. The minimum atomic E-state index is -0.385. The summed E-state index contributed by atoms with van der Waals surface area (Å²) < 4.78 is 19.5. The number of hydrogen-bond acceptors (Lipinski definition) is 3. The molecule has 0 spiro atoms. The Bertz CT molecular complexity index is 725. The monoisotopic (exact) mass is 345 g/mol. The average Bonchev–Trinajstić information content (AvgIpc) is 3.09. The molecule has 0 bridgehead atoms. The van der Waals surface area contributed by atoms with E-state index in [1.807, 2.05) is 4.90 Å². The summed E-state index contributed by atoms with van der Waals surface area (Å²) in [5, 5.41) is 9.73. The smallest absolute Gasteiger partial charge is 0.223 e. The summed E-state index contributed by atoms with van der Waals surface area (Å²) in [6, 6.07) is 10.0. The highest BCUT2D eigenvalue weighted by molar-refractivity contribution is 5.76. The van der Waals surface area contributed by atoms with Gasteiger partial charge >= 0.3 is 0 Å². The van der Waals surface area contributed by atoms with Gasteiger partial charge in [-0.3, -0.25) is 4.79 Å². The molecule has 0 radical (unpaired) electrons. The molecule has 1 aromatic heterocycles. The third-order valence-corrected chi connectivity index (χ3v) is 4.88. The first-order valence-electron chi connectivity index (χ1n) is 8.84. The Morgan fingerprint density at radius 2 is 2.16 bits per heavy atom. The zero-order valence-corrected chi connectivity index (χ0v) is 14.5. The number of likely N-dealkylation sites (tertiary alicyclic amines) is 1. The first-order chi connectivity index (χ1) is 12.0. The number of amides is 1. The Morgan fingerprint density at radius 1 is 1.36 bits per heavy atom. The van der Waals surface area contributed by atoms with Gasteiger partial charge in [0, 0.05) is 31.8 Å². The van der Waals surface area contributed by atoms with E-state index in [-0.39, 0.29) is 23.7 Å². The van der Waals surface area contributed by atoms with Crippen molar-refractivity contribution >= 4 is 5.91 Å². The normalized spacial score (nSPS) is 19.0. The summed E-state index contributed by atoms with van der Waals surface area (Å²) >= 11 is 0. The van der Waals surface area contributed by atoms with Gasteiger partial charge in [-0.15, -0.1) is 0 Å². The first kappa shape index (κ1) is 17.7. The molecule has 2 heterocycles. The van der Waals surface area contributed by atoms with Gasteiger partial charge in [-0.25, -0.2) is 4.39 Å². The van der Waals surface area contributed by atoms with Gasteiger partial charge in [-0.1, -0.05) is 12.1 Å². The van der Waals surface area contributed by atoms with Crippen molar-refractivity contribution in [2.75, 3.05) is 13.1 Å². The molecule has 25 heavy (non-hydrogen) atoms. The highest BCUT2D eigenvalue weighted by atomic mass is 19.1. The van der Waals surface area contributed by atoms with E-state index in [9.17, 15) is 14.3 Å². The number of furan rings is 1. The largest absolute Gasteiger partial charge is 0.461 e. The van der Waals surface area contributed by atoms with Crippen LogP contribution in [0.5, 0.6) is 0 Å². The van der Waals surface area contributed by atoms with E-state index in [0.717, 1.165) is 19.4 Å². The van der Waals surface area contributed by atoms with Gasteiger partial charge < -0.3 is 14.4 Å². The van der Waals surface area contributed by atoms with Gasteiger partial charge in [-0.05, 0) is 44.0 Å². The lowest BCUT2D eigenvalue weighted by atomic mass is 9.93. The van der Waals surface area contributed by atoms with E-state index in [1.165, 1.54) is 6.07 Å². The van der Waals surface area contributed by atoms with Crippen LogP contribution in [0.4, 0.5) is 4.39 Å². The van der Waals surface area contributed by atoms with E-state index in [2.05, 4.69) is 0 Å². The third-order valence-electron chi connectivity index (χ3n) is 4.88. The Balaban J connectivity index is 1.57. The number of rotatable bonds is 5. The van der Waals surface area contributed by atoms with E-state index in [1.54, 1.807) is 37.3 Å². The second kappa shape index (κ2) is 7.83. The van der Waals surface area contributed by atoms with Crippen LogP contribution >= 0.6 is 0 Å². The summed E-state index contributed by atoms with van der Waals surface area (Å²) in [4.78, 5) is 14.2. The fourth-order valence-electron chi connectivity index (χ4n) is 3.34. The molecule has 1 aliphatic heterocycles. The van der Waals surface area contributed by atoms with E-state index >= 15 is 0 Å². The van der Waals surface area contributed by atoms with Crippen LogP contribution in [0.2, 0.25) is 0 Å². The lowest BCUT2D eigenvalue weighted by Crippen LogP contribution is -2.43. The Kier molecular flexibility index (Phi) is 5.53. The van der Waals surface area contributed by atoms with Crippen LogP contribution < -0.4 is 0 Å². The summed E-state index contributed by atoms with van der Waals surface area (Å²) in [6.07, 6.45) is 2.36. The second-order valence-corrected chi connectivity index (χ2v) is 6.73. The Labute approximate surface area is 147 Å². The predicted molar refractivity (Wildman–Crippen MR) is 93.4 cm³/mol. The number of halogens is 1. The van der Waals surface area contributed by atoms with Crippen molar-refractivity contribution < 1.29 is 18.7 Å². The summed E-state index contributed by atoms with van der Waals surface area (Å²) in [6.45, 7) is 3.15. The zero-order valence-electron chi connectivity index (χ0n) is 14.5. The summed E-state index contributed by atoms with van der Waals surface area (Å²) in [5.41, 5.74) is 0.427. The number of aliphatic hydroxyl groups excluding tert-OH is 1. The van der Waals surface area contributed by atoms with Crippen LogP contribution in [0.25, 0.3) is 11.3 Å². The first-order valence-corrected chi connectivity index (χ1v) is 8.84. The molecule has 2 atom stereocenters. The molecule has 134 valence electrons. The van der Waals surface area contributed by atoms with Gasteiger partial charge in [0.2, 0.25) is 5.91 Å². The van der Waals surface area contributed by atoms with Gasteiger partial charge in [0.15, 0.2) is 0 Å². The summed E-state index contributed by atoms with van der Waals surface area (Å²) in [7, 11) is 0. The number of carbonyl (C=O) groups is 1. The maximum atomic E-state index is 13.8. The van der Waals surface area contributed by atoms with Gasteiger partial charge in [-0.2, -0.15) is 0 Å². The van der Waals surface area contributed by atoms with Crippen LogP contribution in [0, 0.1) is 11.7 Å². The minimum absolute atomic E-state index is 0.0780. The maximum absolute atomic E-state index is 13.8. The Morgan fingerprint density at radius 3 is 2.92 bits per heavy atom. The molecule has 3 rings (SSSR count). The fourth-order valence-corrected chi connectivity index (χ4v) is 3.34. The van der Waals surface area contributed by atoms with Crippen molar-refractivity contribution in [3.05, 3.63) is 48.0 Å². The quantitative estimate of drug-likeness (QED) is 0.900. The van der Waals surface area contributed by atoms with Crippen molar-refractivity contribution in [3.63, 3.8) is 0 Å². The van der Waals surface area contributed by atoms with E-state index in [4.69, 9.17) is 4.42 Å². The van der Waals surface area contributed by atoms with Crippen molar-refractivity contribution in [1.29, 1.82) is 0 Å². The topological polar surface area (TPSA) is 53.7 Å². The molecule has 0 saturated carbocycles. The zero-order chi connectivity index (χ0) is 17.8. The molecule has 5 heteroatoms. The molecule has 2 aromatic rings. The van der Waals surface area contributed by atoms with Crippen molar-refractivity contribution in [3.8, 4) is 11.3 Å². The molecule has 1 saturated heterocycles. The van der Waals surface area contributed by atoms with Crippen LogP contribution in [-0.2, 0) is 11.2 Å². The number of piperidine rings is 1. The molecule has 1 fully saturated rings. The average molecular weight is 345 g/mol. The van der Waals surface area contributed by atoms with E-state index in [0.29, 0.717) is 36.5 Å². The highest BCUT2D eigenvalue weighted by Gasteiger charge is 2.26. The molecular formula is C20H24FNO3. The third kappa shape index (κ3) is 4.28. The second-order valence-electron chi connectivity index (χ2n) is 6.73. The molecule has 4 nitrogen and oxygen atoms in total. The van der Waals surface area contributed by atoms with Gasteiger partial charge in [0.1, 0.15) is 17.3 Å². The van der Waals surface area contributed by atoms with Crippen LogP contribution in [0.3, 0.4) is 0 Å². The van der Waals surface area contributed by atoms with Crippen LogP contribution in [0.15, 0.2) is 40.8 Å². The Hall–Kier alpha value is -2.14. The number of nitrogens with zero attached hydrogens (tertiary/aromatic N) is 1. The van der Waals surface area contributed by atoms with Crippen LogP contribution in [-0.4, -0.2) is 35.1 Å². The highest BCUT2D eigenvalue weighted by Crippen LogP contribution is 2.26. The predicted octanol–water partition coefficient (Wildman–Crippen LogP) is 3.64. The molecular weight excluding hydrogens is 321 g/mol. The van der Waals surface area contributed by atoms with Crippen molar-refractivity contribution in [1.82, 2.24) is 4.90 Å². The SMILES string of the molecule is CC(O)C1CCCN(C(=O)CCc2ccc(-c3ccccc3F)o2)C1. The molecule has 0 aliphatic carbocycles. The van der Waals surface area contributed by atoms with E-state index < -0.39 is 0 Å². The molecule has 1 N–H and O–H groups in total. The fraction of sp³-hybridized carbons (Fsp3) is 0.450. The summed E-state index contributed by atoms with van der Waals surface area (Å²) in [5.74, 6) is 1.07. The number of hydrogen-bond donors (Lipinski definition) is 1. The molecule has 1 aliphatic rings. The number of aryl methyl sites for hydroxylation is 1. The number of benzene rings is 1. The maximum Gasteiger partial charge on any atom is 0.223 e. The van der Waals surface area contributed by atoms with Gasteiger partial charge in [0.25, 0.3) is 0 Å². The molecule has 2 unspecified atom stereocenters. The number of aliphatic hydroxyl groups is 1. The molecule has 1 amide bonds. The lowest BCUT2D eigenvalue weighted by molar-refractivity contribution is -0.133. The minimum Gasteiger partial charge on any atom is -0.461 e. The molecule has 1 aromatic carbocycles.